The zero-order valence-electron chi connectivity index (χ0n) is 18.1. The summed E-state index contributed by atoms with van der Waals surface area (Å²) in [5.41, 5.74) is 0.987. The number of hydrogen-bond acceptors (Lipinski definition) is 3. The molecule has 3 atom stereocenters. The summed E-state index contributed by atoms with van der Waals surface area (Å²) >= 11 is 12.5. The first kappa shape index (κ1) is 21.7. The Morgan fingerprint density at radius 3 is 2.50 bits per heavy atom. The summed E-state index contributed by atoms with van der Waals surface area (Å²) in [4.78, 5) is 30.8. The molecule has 2 N–H and O–H groups in total. The molecule has 5 nitrogen and oxygen atoms in total. The third kappa shape index (κ3) is 2.94. The van der Waals surface area contributed by atoms with Crippen LogP contribution in [0.1, 0.15) is 63.0 Å². The molecule has 2 aliphatic carbocycles. The Bertz CT molecular complexity index is 1120. The van der Waals surface area contributed by atoms with Gasteiger partial charge in [-0.25, -0.2) is 4.98 Å². The highest BCUT2D eigenvalue weighted by molar-refractivity contribution is 6.31. The highest BCUT2D eigenvalue weighted by Gasteiger charge is 2.72. The summed E-state index contributed by atoms with van der Waals surface area (Å²) in [5.74, 6) is -2.26. The number of amides is 1. The molecule has 2 heterocycles. The fourth-order valence-electron chi connectivity index (χ4n) is 6.80. The van der Waals surface area contributed by atoms with Gasteiger partial charge in [-0.2, -0.15) is 0 Å². The molecule has 2 spiro atoms. The van der Waals surface area contributed by atoms with E-state index in [1.165, 1.54) is 0 Å². The van der Waals surface area contributed by atoms with Crippen LogP contribution in [0.3, 0.4) is 0 Å². The van der Waals surface area contributed by atoms with E-state index in [0.717, 1.165) is 36.8 Å². The van der Waals surface area contributed by atoms with Crippen molar-refractivity contribution in [2.75, 3.05) is 5.32 Å². The SMILES string of the molecule is CC1(C)CCC2(CC1)C[C@@H](C(=O)O)[C@H](c1ccnc(Cl)c1)[C@]21C(=O)Nc2cc(Cl)ccc21. The third-order valence-electron chi connectivity index (χ3n) is 8.32. The van der Waals surface area contributed by atoms with E-state index in [9.17, 15) is 14.7 Å². The fourth-order valence-corrected chi connectivity index (χ4v) is 7.16. The lowest BCUT2D eigenvalue weighted by Crippen LogP contribution is -2.52. The summed E-state index contributed by atoms with van der Waals surface area (Å²) < 4.78 is 0. The Kier molecular flexibility index (Phi) is 4.88. The second-order valence-electron chi connectivity index (χ2n) is 10.4. The minimum absolute atomic E-state index is 0.129. The number of benzene rings is 1. The molecule has 1 aliphatic heterocycles. The first-order chi connectivity index (χ1) is 15.1. The number of carbonyl (C=O) groups is 2. The van der Waals surface area contributed by atoms with E-state index in [4.69, 9.17) is 23.2 Å². The number of carboxylic acids is 1. The molecule has 0 bridgehead atoms. The number of halogens is 2. The van der Waals surface area contributed by atoms with Gasteiger partial charge in [0, 0.05) is 22.8 Å². The van der Waals surface area contributed by atoms with E-state index in [1.54, 1.807) is 30.5 Å². The van der Waals surface area contributed by atoms with Gasteiger partial charge >= 0.3 is 5.97 Å². The van der Waals surface area contributed by atoms with Crippen molar-refractivity contribution in [2.24, 2.45) is 16.7 Å². The minimum atomic E-state index is -1.00. The fraction of sp³-hybridized carbons (Fsp3) is 0.480. The Balaban J connectivity index is 1.81. The summed E-state index contributed by atoms with van der Waals surface area (Å²) in [6.45, 7) is 4.50. The van der Waals surface area contributed by atoms with Crippen LogP contribution in [-0.4, -0.2) is 22.0 Å². The molecule has 1 aromatic carbocycles. The van der Waals surface area contributed by atoms with Crippen molar-refractivity contribution in [3.63, 3.8) is 0 Å². The Morgan fingerprint density at radius 2 is 1.84 bits per heavy atom. The molecule has 2 fully saturated rings. The van der Waals surface area contributed by atoms with E-state index in [-0.39, 0.29) is 11.3 Å². The van der Waals surface area contributed by atoms with Gasteiger partial charge in [0.05, 0.1) is 11.3 Å². The maximum atomic E-state index is 14.0. The molecule has 7 heteroatoms. The van der Waals surface area contributed by atoms with Crippen molar-refractivity contribution in [1.82, 2.24) is 4.98 Å². The van der Waals surface area contributed by atoms with Gasteiger partial charge in [-0.15, -0.1) is 0 Å². The van der Waals surface area contributed by atoms with E-state index in [0.29, 0.717) is 22.3 Å². The molecule has 5 rings (SSSR count). The molecule has 168 valence electrons. The zero-order chi connectivity index (χ0) is 22.9. The van der Waals surface area contributed by atoms with Crippen LogP contribution in [0.2, 0.25) is 10.2 Å². The molecule has 0 saturated heterocycles. The van der Waals surface area contributed by atoms with Crippen molar-refractivity contribution in [2.45, 2.75) is 57.3 Å². The highest BCUT2D eigenvalue weighted by Crippen LogP contribution is 2.72. The van der Waals surface area contributed by atoms with Crippen LogP contribution >= 0.6 is 23.2 Å². The topological polar surface area (TPSA) is 79.3 Å². The van der Waals surface area contributed by atoms with Crippen LogP contribution in [0, 0.1) is 16.7 Å². The van der Waals surface area contributed by atoms with Crippen molar-refractivity contribution < 1.29 is 14.7 Å². The Labute approximate surface area is 197 Å². The molecule has 32 heavy (non-hydrogen) atoms. The first-order valence-corrected chi connectivity index (χ1v) is 11.8. The third-order valence-corrected chi connectivity index (χ3v) is 8.76. The van der Waals surface area contributed by atoms with E-state index < -0.39 is 28.6 Å². The molecule has 2 saturated carbocycles. The number of fused-ring (bicyclic) bond motifs is 3. The molecule has 1 amide bonds. The number of aliphatic carboxylic acids is 1. The monoisotopic (exact) mass is 472 g/mol. The lowest BCUT2D eigenvalue weighted by atomic mass is 9.51. The maximum Gasteiger partial charge on any atom is 0.307 e. The number of carbonyl (C=O) groups excluding carboxylic acids is 1. The number of carboxylic acid groups (broad SMARTS) is 1. The highest BCUT2D eigenvalue weighted by atomic mass is 35.5. The molecule has 0 radical (unpaired) electrons. The standard InChI is InChI=1S/C25H26Cl2N2O3/c1-23(2)6-8-24(9-7-23)13-16(21(30)31)20(14-5-10-28-19(27)11-14)25(24)17-4-3-15(26)12-18(17)29-22(25)32/h3-5,10-12,16,20H,6-9,13H2,1-2H3,(H,29,32)(H,30,31)/t16-,20+,25-/m1/s1. The number of pyridine rings is 1. The maximum absolute atomic E-state index is 14.0. The lowest BCUT2D eigenvalue weighted by Gasteiger charge is -2.50. The number of aromatic nitrogens is 1. The van der Waals surface area contributed by atoms with Crippen molar-refractivity contribution in [1.29, 1.82) is 0 Å². The van der Waals surface area contributed by atoms with Gasteiger partial charge in [0.2, 0.25) is 5.91 Å². The summed E-state index contributed by atoms with van der Waals surface area (Å²) in [7, 11) is 0. The minimum Gasteiger partial charge on any atom is -0.481 e. The molecule has 2 aromatic rings. The van der Waals surface area contributed by atoms with Crippen LogP contribution in [0.4, 0.5) is 5.69 Å². The van der Waals surface area contributed by atoms with Crippen LogP contribution in [-0.2, 0) is 15.0 Å². The average molecular weight is 473 g/mol. The van der Waals surface area contributed by atoms with E-state index in [2.05, 4.69) is 24.1 Å². The van der Waals surface area contributed by atoms with E-state index >= 15 is 0 Å². The molecule has 3 aliphatic rings. The van der Waals surface area contributed by atoms with Gasteiger partial charge in [0.15, 0.2) is 0 Å². The quantitative estimate of drug-likeness (QED) is 0.521. The number of nitrogens with zero attached hydrogens (tertiary/aromatic N) is 1. The largest absolute Gasteiger partial charge is 0.481 e. The molecule has 0 unspecified atom stereocenters. The number of anilines is 1. The number of rotatable bonds is 2. The summed E-state index contributed by atoms with van der Waals surface area (Å²) in [5, 5.41) is 14.3. The van der Waals surface area contributed by atoms with Gasteiger partial charge in [0.25, 0.3) is 0 Å². The normalized spacial score (nSPS) is 29.8. The predicted octanol–water partition coefficient (Wildman–Crippen LogP) is 6.05. The van der Waals surface area contributed by atoms with Crippen molar-refractivity contribution in [3.8, 4) is 0 Å². The zero-order valence-corrected chi connectivity index (χ0v) is 19.6. The van der Waals surface area contributed by atoms with Crippen LogP contribution in [0.25, 0.3) is 0 Å². The van der Waals surface area contributed by atoms with Gasteiger partial charge in [-0.1, -0.05) is 43.1 Å². The van der Waals surface area contributed by atoms with Gasteiger partial charge in [-0.05, 0) is 78.3 Å². The van der Waals surface area contributed by atoms with Gasteiger partial charge < -0.3 is 10.4 Å². The number of hydrogen-bond donors (Lipinski definition) is 2. The first-order valence-electron chi connectivity index (χ1n) is 11.1. The second-order valence-corrected chi connectivity index (χ2v) is 11.3. The van der Waals surface area contributed by atoms with E-state index in [1.807, 2.05) is 6.07 Å². The number of nitrogens with one attached hydrogen (secondary N) is 1. The smallest absolute Gasteiger partial charge is 0.307 e. The predicted molar refractivity (Wildman–Crippen MR) is 124 cm³/mol. The second kappa shape index (κ2) is 7.19. The van der Waals surface area contributed by atoms with Crippen LogP contribution in [0.5, 0.6) is 0 Å². The Hall–Kier alpha value is -2.11. The molecular formula is C25H26Cl2N2O3. The van der Waals surface area contributed by atoms with Gasteiger partial charge in [0.1, 0.15) is 5.15 Å². The average Bonchev–Trinajstić information content (AvgIpc) is 3.18. The van der Waals surface area contributed by atoms with Crippen molar-refractivity contribution in [3.05, 3.63) is 57.8 Å². The summed E-state index contributed by atoms with van der Waals surface area (Å²) in [6, 6.07) is 9.01. The van der Waals surface area contributed by atoms with Crippen molar-refractivity contribution >= 4 is 40.8 Å². The molecular weight excluding hydrogens is 447 g/mol. The van der Waals surface area contributed by atoms with Crippen LogP contribution < -0.4 is 5.32 Å². The van der Waals surface area contributed by atoms with Gasteiger partial charge in [-0.3, -0.25) is 9.59 Å². The lowest BCUT2D eigenvalue weighted by molar-refractivity contribution is -0.142. The molecule has 1 aromatic heterocycles. The van der Waals surface area contributed by atoms with Crippen LogP contribution in [0.15, 0.2) is 36.5 Å². The Morgan fingerprint density at radius 1 is 1.12 bits per heavy atom. The summed E-state index contributed by atoms with van der Waals surface area (Å²) in [6.07, 6.45) is 5.54.